The number of anilines is 2. The average Bonchev–Trinajstić information content (AvgIpc) is 2.86. The van der Waals surface area contributed by atoms with Gasteiger partial charge in [0.05, 0.1) is 13.0 Å². The average molecular weight is 380 g/mol. The number of carbonyl (C=O) groups excluding carboxylic acids is 1. The van der Waals surface area contributed by atoms with E-state index in [2.05, 4.69) is 9.97 Å². The number of benzene rings is 1. The lowest BCUT2D eigenvalue weighted by molar-refractivity contribution is -0.117. The molecule has 0 bridgehead atoms. The quantitative estimate of drug-likeness (QED) is 0.775. The highest BCUT2D eigenvalue weighted by Gasteiger charge is 2.33. The van der Waals surface area contributed by atoms with Gasteiger partial charge in [0, 0.05) is 16.3 Å². The van der Waals surface area contributed by atoms with Crippen LogP contribution in [-0.4, -0.2) is 25.8 Å². The van der Waals surface area contributed by atoms with Gasteiger partial charge < -0.3 is 5.73 Å². The molecule has 0 saturated heterocycles. The highest BCUT2D eigenvalue weighted by molar-refractivity contribution is 7.92. The number of hydrogen-bond donors (Lipinski definition) is 2. The van der Waals surface area contributed by atoms with Gasteiger partial charge in [-0.05, 0) is 24.1 Å². The summed E-state index contributed by atoms with van der Waals surface area (Å²) in [4.78, 5) is 22.2. The first kappa shape index (κ1) is 17.6. The molecule has 3 N–H and O–H groups in total. The van der Waals surface area contributed by atoms with Gasteiger partial charge in [-0.2, -0.15) is 0 Å². The first-order valence-corrected chi connectivity index (χ1v) is 9.90. The van der Waals surface area contributed by atoms with Gasteiger partial charge in [-0.1, -0.05) is 30.7 Å². The highest BCUT2D eigenvalue weighted by Crippen LogP contribution is 2.32. The Kier molecular flexibility index (Phi) is 4.66. The lowest BCUT2D eigenvalue weighted by atomic mass is 10.2. The zero-order chi connectivity index (χ0) is 18.2. The normalized spacial score (nSPS) is 15.9. The number of nitrogen functional groups attached to an aromatic ring is 1. The van der Waals surface area contributed by atoms with E-state index in [1.807, 2.05) is 19.1 Å². The molecule has 0 radical (unpaired) electrons. The SMILES string of the molecule is CCC[S@@](=N)(=O)c1nc(N)c2c(n1)N(Cc1ccc(Cl)cc1)C(=O)C2. The summed E-state index contributed by atoms with van der Waals surface area (Å²) in [6.45, 7) is 2.13. The van der Waals surface area contributed by atoms with E-state index in [4.69, 9.17) is 22.1 Å². The van der Waals surface area contributed by atoms with Crippen LogP contribution in [-0.2, 0) is 27.5 Å². The number of fused-ring (bicyclic) bond motifs is 1. The Balaban J connectivity index is 2.01. The second kappa shape index (κ2) is 6.61. The van der Waals surface area contributed by atoms with Crippen LogP contribution in [0.1, 0.15) is 24.5 Å². The second-order valence-electron chi connectivity index (χ2n) is 5.86. The third-order valence-corrected chi connectivity index (χ3v) is 5.93. The summed E-state index contributed by atoms with van der Waals surface area (Å²) >= 11 is 5.89. The molecule has 132 valence electrons. The Morgan fingerprint density at radius 1 is 1.32 bits per heavy atom. The van der Waals surface area contributed by atoms with Crippen molar-refractivity contribution in [3.05, 3.63) is 40.4 Å². The molecule has 1 aromatic carbocycles. The molecule has 9 heteroatoms. The van der Waals surface area contributed by atoms with E-state index >= 15 is 0 Å². The molecule has 1 aromatic heterocycles. The minimum Gasteiger partial charge on any atom is -0.383 e. The van der Waals surface area contributed by atoms with Crippen LogP contribution in [0.2, 0.25) is 5.02 Å². The van der Waals surface area contributed by atoms with Crippen molar-refractivity contribution in [3.8, 4) is 0 Å². The molecular formula is C16H18ClN5O2S. The Bertz CT molecular complexity index is 928. The van der Waals surface area contributed by atoms with Crippen molar-refractivity contribution in [2.75, 3.05) is 16.4 Å². The zero-order valence-electron chi connectivity index (χ0n) is 13.7. The maximum absolute atomic E-state index is 12.5. The van der Waals surface area contributed by atoms with E-state index < -0.39 is 9.73 Å². The smallest absolute Gasteiger partial charge is 0.233 e. The van der Waals surface area contributed by atoms with Crippen LogP contribution in [0, 0.1) is 4.78 Å². The molecule has 7 nitrogen and oxygen atoms in total. The monoisotopic (exact) mass is 379 g/mol. The van der Waals surface area contributed by atoms with Crippen molar-refractivity contribution in [1.82, 2.24) is 9.97 Å². The van der Waals surface area contributed by atoms with Crippen molar-refractivity contribution in [2.45, 2.75) is 31.5 Å². The molecule has 0 spiro atoms. The van der Waals surface area contributed by atoms with E-state index in [9.17, 15) is 9.00 Å². The molecule has 1 amide bonds. The molecule has 0 saturated carbocycles. The van der Waals surface area contributed by atoms with Gasteiger partial charge >= 0.3 is 0 Å². The maximum atomic E-state index is 12.5. The van der Waals surface area contributed by atoms with Crippen molar-refractivity contribution >= 4 is 38.9 Å². The minimum atomic E-state index is -3.13. The molecule has 1 aliphatic rings. The van der Waals surface area contributed by atoms with Crippen LogP contribution < -0.4 is 10.6 Å². The predicted molar refractivity (Wildman–Crippen MR) is 97.1 cm³/mol. The van der Waals surface area contributed by atoms with Crippen molar-refractivity contribution in [3.63, 3.8) is 0 Å². The van der Waals surface area contributed by atoms with Gasteiger partial charge in [-0.25, -0.2) is 19.0 Å². The highest BCUT2D eigenvalue weighted by atomic mass is 35.5. The van der Waals surface area contributed by atoms with Gasteiger partial charge in [0.15, 0.2) is 0 Å². The summed E-state index contributed by atoms with van der Waals surface area (Å²) in [5, 5.41) is 0.501. The molecule has 2 aromatic rings. The summed E-state index contributed by atoms with van der Waals surface area (Å²) < 4.78 is 20.5. The van der Waals surface area contributed by atoms with E-state index in [0.29, 0.717) is 29.4 Å². The van der Waals surface area contributed by atoms with Crippen molar-refractivity contribution in [1.29, 1.82) is 4.78 Å². The number of halogens is 1. The predicted octanol–water partition coefficient (Wildman–Crippen LogP) is 2.62. The van der Waals surface area contributed by atoms with Crippen LogP contribution in [0.4, 0.5) is 11.6 Å². The standard InChI is InChI=1S/C16H18ClN5O2S/c1-2-7-25(19,24)16-20-14(18)12-8-13(23)22(15(12)21-16)9-10-3-5-11(17)6-4-10/h3-6,19H,2,7-9H2,1H3,(H2,18,20,21)/t25-/m1/s1. The van der Waals surface area contributed by atoms with Gasteiger partial charge in [-0.3, -0.25) is 9.69 Å². The number of amides is 1. The van der Waals surface area contributed by atoms with Crippen molar-refractivity contribution in [2.24, 2.45) is 0 Å². The summed E-state index contributed by atoms with van der Waals surface area (Å²) in [6, 6.07) is 7.14. The van der Waals surface area contributed by atoms with Gasteiger partial charge in [0.25, 0.3) is 0 Å². The van der Waals surface area contributed by atoms with E-state index in [1.54, 1.807) is 12.1 Å². The summed E-state index contributed by atoms with van der Waals surface area (Å²) in [5.74, 6) is 0.452. The lowest BCUT2D eigenvalue weighted by Gasteiger charge is -2.17. The molecular weight excluding hydrogens is 362 g/mol. The fraction of sp³-hybridized carbons (Fsp3) is 0.312. The Hall–Kier alpha value is -2.19. The van der Waals surface area contributed by atoms with Gasteiger partial charge in [0.1, 0.15) is 21.4 Å². The first-order chi connectivity index (χ1) is 11.8. The molecule has 25 heavy (non-hydrogen) atoms. The van der Waals surface area contributed by atoms with Crippen LogP contribution in [0.25, 0.3) is 0 Å². The van der Waals surface area contributed by atoms with Crippen LogP contribution >= 0.6 is 11.6 Å². The number of nitrogens with zero attached hydrogens (tertiary/aromatic N) is 3. The van der Waals surface area contributed by atoms with E-state index in [0.717, 1.165) is 5.56 Å². The fourth-order valence-corrected chi connectivity index (χ4v) is 4.05. The van der Waals surface area contributed by atoms with Gasteiger partial charge in [0.2, 0.25) is 11.1 Å². The summed E-state index contributed by atoms with van der Waals surface area (Å²) in [7, 11) is -3.13. The molecule has 3 rings (SSSR count). The molecule has 2 heterocycles. The van der Waals surface area contributed by atoms with E-state index in [1.165, 1.54) is 4.90 Å². The third-order valence-electron chi connectivity index (χ3n) is 3.92. The topological polar surface area (TPSA) is 113 Å². The zero-order valence-corrected chi connectivity index (χ0v) is 15.2. The molecule has 1 aliphatic heterocycles. The second-order valence-corrected chi connectivity index (χ2v) is 8.42. The number of hydrogen-bond acceptors (Lipinski definition) is 6. The maximum Gasteiger partial charge on any atom is 0.233 e. The molecule has 0 fully saturated rings. The number of rotatable bonds is 5. The number of nitrogens with one attached hydrogen (secondary N) is 1. The Morgan fingerprint density at radius 3 is 2.64 bits per heavy atom. The molecule has 0 unspecified atom stereocenters. The third kappa shape index (κ3) is 3.45. The Labute approximate surface area is 151 Å². The lowest BCUT2D eigenvalue weighted by Crippen LogP contribution is -2.27. The van der Waals surface area contributed by atoms with Crippen LogP contribution in [0.3, 0.4) is 0 Å². The number of carbonyl (C=O) groups is 1. The van der Waals surface area contributed by atoms with Gasteiger partial charge in [-0.15, -0.1) is 0 Å². The number of aromatic nitrogens is 2. The molecule has 1 atom stereocenters. The van der Waals surface area contributed by atoms with Crippen molar-refractivity contribution < 1.29 is 9.00 Å². The minimum absolute atomic E-state index is 0.0992. The Morgan fingerprint density at radius 2 is 2.00 bits per heavy atom. The van der Waals surface area contributed by atoms with Crippen LogP contribution in [0.15, 0.2) is 29.4 Å². The van der Waals surface area contributed by atoms with E-state index in [-0.39, 0.29) is 29.1 Å². The number of nitrogens with two attached hydrogens (primary N) is 1. The van der Waals surface area contributed by atoms with Crippen LogP contribution in [0.5, 0.6) is 0 Å². The largest absolute Gasteiger partial charge is 0.383 e. The summed E-state index contributed by atoms with van der Waals surface area (Å²) in [5.41, 5.74) is 7.35. The fourth-order valence-electron chi connectivity index (χ4n) is 2.69. The summed E-state index contributed by atoms with van der Waals surface area (Å²) in [6.07, 6.45) is 0.665. The first-order valence-electron chi connectivity index (χ1n) is 7.79. The molecule has 0 aliphatic carbocycles.